The van der Waals surface area contributed by atoms with Gasteiger partial charge in [-0.25, -0.2) is 4.79 Å². The SMILES string of the molecule is Cc1cc(NC(=O)c2cnoc2C)c(C(=O)O)[nH]1. The van der Waals surface area contributed by atoms with Gasteiger partial charge in [0.05, 0.1) is 11.9 Å². The maximum Gasteiger partial charge on any atom is 0.354 e. The second kappa shape index (κ2) is 4.36. The summed E-state index contributed by atoms with van der Waals surface area (Å²) in [7, 11) is 0. The zero-order chi connectivity index (χ0) is 13.3. The first-order valence-corrected chi connectivity index (χ1v) is 5.14. The minimum atomic E-state index is -1.14. The number of carbonyl (C=O) groups is 2. The second-order valence-corrected chi connectivity index (χ2v) is 3.80. The number of carboxylic acids is 1. The highest BCUT2D eigenvalue weighted by Crippen LogP contribution is 2.18. The van der Waals surface area contributed by atoms with E-state index >= 15 is 0 Å². The van der Waals surface area contributed by atoms with Crippen LogP contribution in [0.1, 0.15) is 32.3 Å². The summed E-state index contributed by atoms with van der Waals surface area (Å²) in [5, 5.41) is 15.0. The molecule has 0 fully saturated rings. The first-order valence-electron chi connectivity index (χ1n) is 5.14. The molecule has 0 spiro atoms. The fourth-order valence-corrected chi connectivity index (χ4v) is 1.56. The predicted molar refractivity (Wildman–Crippen MR) is 61.7 cm³/mol. The third-order valence-corrected chi connectivity index (χ3v) is 2.41. The maximum atomic E-state index is 11.9. The molecule has 7 nitrogen and oxygen atoms in total. The summed E-state index contributed by atoms with van der Waals surface area (Å²) in [5.74, 6) is -1.23. The van der Waals surface area contributed by atoms with Crippen LogP contribution in [0, 0.1) is 13.8 Å². The Bertz CT molecular complexity index is 612. The Balaban J connectivity index is 2.27. The second-order valence-electron chi connectivity index (χ2n) is 3.80. The third-order valence-electron chi connectivity index (χ3n) is 2.41. The van der Waals surface area contributed by atoms with Crippen molar-refractivity contribution in [3.05, 3.63) is 35.0 Å². The van der Waals surface area contributed by atoms with E-state index in [0.717, 1.165) is 0 Å². The Kier molecular flexibility index (Phi) is 2.88. The molecule has 0 aliphatic carbocycles. The zero-order valence-electron chi connectivity index (χ0n) is 9.77. The number of nitrogens with zero attached hydrogens (tertiary/aromatic N) is 1. The smallest absolute Gasteiger partial charge is 0.354 e. The van der Waals surface area contributed by atoms with Gasteiger partial charge in [0.15, 0.2) is 0 Å². The summed E-state index contributed by atoms with van der Waals surface area (Å²) in [6.45, 7) is 3.30. The Morgan fingerprint density at radius 3 is 2.72 bits per heavy atom. The Morgan fingerprint density at radius 1 is 1.44 bits per heavy atom. The lowest BCUT2D eigenvalue weighted by Gasteiger charge is -2.02. The number of hydrogen-bond donors (Lipinski definition) is 3. The lowest BCUT2D eigenvalue weighted by Crippen LogP contribution is -2.14. The average molecular weight is 249 g/mol. The van der Waals surface area contributed by atoms with Gasteiger partial charge in [-0.15, -0.1) is 0 Å². The molecule has 0 aromatic carbocycles. The van der Waals surface area contributed by atoms with Crippen LogP contribution in [-0.4, -0.2) is 27.1 Å². The van der Waals surface area contributed by atoms with Crippen LogP contribution in [0.5, 0.6) is 0 Å². The van der Waals surface area contributed by atoms with E-state index in [1.54, 1.807) is 19.9 Å². The van der Waals surface area contributed by atoms with Crippen molar-refractivity contribution in [2.75, 3.05) is 5.32 Å². The van der Waals surface area contributed by atoms with E-state index in [4.69, 9.17) is 9.63 Å². The van der Waals surface area contributed by atoms with Crippen molar-refractivity contribution >= 4 is 17.6 Å². The van der Waals surface area contributed by atoms with Crippen molar-refractivity contribution in [3.8, 4) is 0 Å². The van der Waals surface area contributed by atoms with Gasteiger partial charge in [-0.2, -0.15) is 0 Å². The largest absolute Gasteiger partial charge is 0.477 e. The molecule has 2 heterocycles. The minimum Gasteiger partial charge on any atom is -0.477 e. The average Bonchev–Trinajstić information content (AvgIpc) is 2.84. The molecule has 0 radical (unpaired) electrons. The molecule has 3 N–H and O–H groups in total. The van der Waals surface area contributed by atoms with Crippen LogP contribution in [0.25, 0.3) is 0 Å². The summed E-state index contributed by atoms with van der Waals surface area (Å²) in [6, 6.07) is 1.55. The molecule has 2 rings (SSSR count). The molecule has 0 aliphatic heterocycles. The number of rotatable bonds is 3. The number of hydrogen-bond acceptors (Lipinski definition) is 4. The molecular weight excluding hydrogens is 238 g/mol. The number of aromatic carboxylic acids is 1. The minimum absolute atomic E-state index is 0.0602. The van der Waals surface area contributed by atoms with Crippen molar-refractivity contribution in [2.45, 2.75) is 13.8 Å². The van der Waals surface area contributed by atoms with Gasteiger partial charge >= 0.3 is 5.97 Å². The fourth-order valence-electron chi connectivity index (χ4n) is 1.56. The summed E-state index contributed by atoms with van der Waals surface area (Å²) >= 11 is 0. The van der Waals surface area contributed by atoms with Crippen molar-refractivity contribution < 1.29 is 19.2 Å². The molecule has 94 valence electrons. The molecule has 0 unspecified atom stereocenters. The van der Waals surface area contributed by atoms with E-state index in [9.17, 15) is 9.59 Å². The van der Waals surface area contributed by atoms with Crippen LogP contribution in [0.2, 0.25) is 0 Å². The van der Waals surface area contributed by atoms with Crippen LogP contribution in [0.15, 0.2) is 16.8 Å². The normalized spacial score (nSPS) is 10.3. The number of aromatic amines is 1. The molecule has 18 heavy (non-hydrogen) atoms. The molecule has 0 aliphatic rings. The zero-order valence-corrected chi connectivity index (χ0v) is 9.77. The van der Waals surface area contributed by atoms with Gasteiger partial charge in [-0.1, -0.05) is 5.16 Å². The van der Waals surface area contributed by atoms with Crippen molar-refractivity contribution in [1.82, 2.24) is 10.1 Å². The van der Waals surface area contributed by atoms with Gasteiger partial charge in [-0.05, 0) is 19.9 Å². The van der Waals surface area contributed by atoms with Crippen molar-refractivity contribution in [1.29, 1.82) is 0 Å². The van der Waals surface area contributed by atoms with Gasteiger partial charge in [0.1, 0.15) is 17.0 Å². The number of aryl methyl sites for hydroxylation is 2. The highest BCUT2D eigenvalue weighted by Gasteiger charge is 2.18. The van der Waals surface area contributed by atoms with Gasteiger partial charge in [-0.3, -0.25) is 4.79 Å². The van der Waals surface area contributed by atoms with Crippen molar-refractivity contribution in [3.63, 3.8) is 0 Å². The molecule has 0 saturated carbocycles. The van der Waals surface area contributed by atoms with Gasteiger partial charge in [0, 0.05) is 5.69 Å². The van der Waals surface area contributed by atoms with E-state index in [2.05, 4.69) is 15.5 Å². The van der Waals surface area contributed by atoms with Crippen LogP contribution >= 0.6 is 0 Å². The van der Waals surface area contributed by atoms with Gasteiger partial charge < -0.3 is 19.9 Å². The highest BCUT2D eigenvalue weighted by molar-refractivity contribution is 6.07. The molecule has 0 bridgehead atoms. The Hall–Kier alpha value is -2.57. The number of amides is 1. The Morgan fingerprint density at radius 2 is 2.17 bits per heavy atom. The highest BCUT2D eigenvalue weighted by atomic mass is 16.5. The number of anilines is 1. The van der Waals surface area contributed by atoms with Gasteiger partial charge in [0.2, 0.25) is 0 Å². The number of nitrogens with one attached hydrogen (secondary N) is 2. The summed E-state index contributed by atoms with van der Waals surface area (Å²) in [5.41, 5.74) is 1.07. The molecule has 7 heteroatoms. The molecule has 2 aromatic heterocycles. The number of carbonyl (C=O) groups excluding carboxylic acids is 1. The molecule has 2 aromatic rings. The first-order chi connectivity index (χ1) is 8.49. The fraction of sp³-hybridized carbons (Fsp3) is 0.182. The number of H-pyrrole nitrogens is 1. The van der Waals surface area contributed by atoms with E-state index in [1.807, 2.05) is 0 Å². The lowest BCUT2D eigenvalue weighted by molar-refractivity contribution is 0.0692. The van der Waals surface area contributed by atoms with Crippen LogP contribution in [0.4, 0.5) is 5.69 Å². The first kappa shape index (κ1) is 11.9. The number of carboxylic acid groups (broad SMARTS) is 1. The molecule has 0 saturated heterocycles. The van der Waals surface area contributed by atoms with E-state index in [1.165, 1.54) is 6.20 Å². The maximum absolute atomic E-state index is 11.9. The topological polar surface area (TPSA) is 108 Å². The van der Waals surface area contributed by atoms with Crippen LogP contribution in [-0.2, 0) is 0 Å². The molecule has 0 atom stereocenters. The van der Waals surface area contributed by atoms with Crippen LogP contribution < -0.4 is 5.32 Å². The summed E-state index contributed by atoms with van der Waals surface area (Å²) in [6.07, 6.45) is 1.28. The van der Waals surface area contributed by atoms with E-state index in [0.29, 0.717) is 11.5 Å². The van der Waals surface area contributed by atoms with Crippen LogP contribution in [0.3, 0.4) is 0 Å². The van der Waals surface area contributed by atoms with Crippen molar-refractivity contribution in [2.24, 2.45) is 0 Å². The molecule has 1 amide bonds. The van der Waals surface area contributed by atoms with E-state index in [-0.39, 0.29) is 16.9 Å². The predicted octanol–water partition coefficient (Wildman–Crippen LogP) is 1.57. The monoisotopic (exact) mass is 249 g/mol. The quantitative estimate of drug-likeness (QED) is 0.765. The third kappa shape index (κ3) is 2.10. The standard InChI is InChI=1S/C11H11N3O4/c1-5-3-8(9(13-5)11(16)17)14-10(15)7-4-12-18-6(7)2/h3-4,13H,1-2H3,(H,14,15)(H,16,17). The lowest BCUT2D eigenvalue weighted by atomic mass is 10.2. The summed E-state index contributed by atoms with van der Waals surface area (Å²) < 4.78 is 4.77. The van der Waals surface area contributed by atoms with E-state index < -0.39 is 11.9 Å². The summed E-state index contributed by atoms with van der Waals surface area (Å²) in [4.78, 5) is 25.5. The number of aromatic nitrogens is 2. The Labute approximate surface area is 102 Å². The van der Waals surface area contributed by atoms with Gasteiger partial charge in [0.25, 0.3) is 5.91 Å². The molecular formula is C11H11N3O4.